The number of ether oxygens (including phenoxy) is 2. The molecule has 10 heteroatoms. The van der Waals surface area contributed by atoms with Gasteiger partial charge in [0.2, 0.25) is 5.91 Å². The number of carbonyl (C=O) groups is 1. The Kier molecular flexibility index (Phi) is 6.25. The molecule has 0 saturated heterocycles. The van der Waals surface area contributed by atoms with Gasteiger partial charge in [0.15, 0.2) is 21.3 Å². The molecule has 0 saturated carbocycles. The second kappa shape index (κ2) is 8.55. The van der Waals surface area contributed by atoms with Gasteiger partial charge in [-0.2, -0.15) is 13.2 Å². The van der Waals surface area contributed by atoms with Crippen molar-refractivity contribution in [1.82, 2.24) is 4.90 Å². The Hall–Kier alpha value is -2.75. The summed E-state index contributed by atoms with van der Waals surface area (Å²) >= 11 is 0. The van der Waals surface area contributed by atoms with Gasteiger partial charge in [-0.15, -0.1) is 0 Å². The Morgan fingerprint density at radius 3 is 2.30 bits per heavy atom. The van der Waals surface area contributed by atoms with Gasteiger partial charge in [-0.05, 0) is 29.8 Å². The van der Waals surface area contributed by atoms with Crippen molar-refractivity contribution >= 4 is 15.7 Å². The number of carbonyl (C=O) groups excluding carboxylic acids is 1. The molecule has 1 aliphatic heterocycles. The van der Waals surface area contributed by atoms with Crippen molar-refractivity contribution < 1.29 is 35.9 Å². The van der Waals surface area contributed by atoms with E-state index >= 15 is 0 Å². The smallest absolute Gasteiger partial charge is 0.416 e. The quantitative estimate of drug-likeness (QED) is 0.685. The third-order valence-corrected chi connectivity index (χ3v) is 6.30. The van der Waals surface area contributed by atoms with Crippen molar-refractivity contribution in [1.29, 1.82) is 0 Å². The highest BCUT2D eigenvalue weighted by atomic mass is 32.2. The van der Waals surface area contributed by atoms with Crippen LogP contribution in [0.15, 0.2) is 47.4 Å². The highest BCUT2D eigenvalue weighted by molar-refractivity contribution is 7.91. The number of alkyl halides is 3. The summed E-state index contributed by atoms with van der Waals surface area (Å²) < 4.78 is 73.7. The van der Waals surface area contributed by atoms with E-state index in [4.69, 9.17) is 9.47 Å². The lowest BCUT2D eigenvalue weighted by Crippen LogP contribution is -2.28. The molecule has 0 unspecified atom stereocenters. The first-order chi connectivity index (χ1) is 14.1. The third-order valence-electron chi connectivity index (χ3n) is 4.58. The SMILES string of the molecule is CN(Cc1ccc(C(F)(F)F)cc1)C(=O)CCS(=O)(=O)c1ccc2c(c1)OCCO2. The second-order valence-electron chi connectivity index (χ2n) is 6.82. The van der Waals surface area contributed by atoms with Crippen LogP contribution in [-0.4, -0.2) is 45.2 Å². The molecule has 162 valence electrons. The maximum Gasteiger partial charge on any atom is 0.416 e. The minimum Gasteiger partial charge on any atom is -0.486 e. The summed E-state index contributed by atoms with van der Waals surface area (Å²) in [7, 11) is -2.26. The van der Waals surface area contributed by atoms with Crippen LogP contribution in [0.5, 0.6) is 11.5 Å². The molecule has 30 heavy (non-hydrogen) atoms. The molecule has 2 aromatic rings. The highest BCUT2D eigenvalue weighted by Crippen LogP contribution is 2.33. The zero-order chi connectivity index (χ0) is 21.9. The number of sulfone groups is 1. The van der Waals surface area contributed by atoms with Crippen LogP contribution in [0.2, 0.25) is 0 Å². The summed E-state index contributed by atoms with van der Waals surface area (Å²) in [5.74, 6) is -0.0281. The minimum absolute atomic E-state index is 0.0324. The molecule has 1 amide bonds. The topological polar surface area (TPSA) is 72.9 Å². The Morgan fingerprint density at radius 1 is 1.03 bits per heavy atom. The molecular formula is C20H20F3NO5S. The first kappa shape index (κ1) is 21.9. The van der Waals surface area contributed by atoms with Crippen LogP contribution in [-0.2, 0) is 27.4 Å². The van der Waals surface area contributed by atoms with E-state index in [1.54, 1.807) is 0 Å². The molecule has 1 heterocycles. The maximum absolute atomic E-state index is 12.6. The minimum atomic E-state index is -4.43. The normalized spacial score (nSPS) is 13.7. The fourth-order valence-corrected chi connectivity index (χ4v) is 4.15. The van der Waals surface area contributed by atoms with E-state index in [0.717, 1.165) is 12.1 Å². The standard InChI is InChI=1S/C20H20F3NO5S/c1-24(13-14-2-4-15(5-3-14)20(21,22)23)19(25)8-11-30(26,27)16-6-7-17-18(12-16)29-10-9-28-17/h2-7,12H,8-11,13H2,1H3. The van der Waals surface area contributed by atoms with Gasteiger partial charge < -0.3 is 14.4 Å². The van der Waals surface area contributed by atoms with Gasteiger partial charge in [-0.25, -0.2) is 8.42 Å². The average Bonchev–Trinajstić information content (AvgIpc) is 2.71. The van der Waals surface area contributed by atoms with Gasteiger partial charge >= 0.3 is 6.18 Å². The van der Waals surface area contributed by atoms with E-state index in [0.29, 0.717) is 30.3 Å². The largest absolute Gasteiger partial charge is 0.486 e. The number of hydrogen-bond donors (Lipinski definition) is 0. The van der Waals surface area contributed by atoms with Crippen LogP contribution in [0, 0.1) is 0 Å². The van der Waals surface area contributed by atoms with Crippen LogP contribution < -0.4 is 9.47 Å². The predicted molar refractivity (Wildman–Crippen MR) is 102 cm³/mol. The molecule has 0 atom stereocenters. The van der Waals surface area contributed by atoms with Gasteiger partial charge in [0.25, 0.3) is 0 Å². The van der Waals surface area contributed by atoms with Gasteiger partial charge in [-0.1, -0.05) is 12.1 Å². The summed E-state index contributed by atoms with van der Waals surface area (Å²) in [4.78, 5) is 13.6. The average molecular weight is 443 g/mol. The molecule has 0 aromatic heterocycles. The molecule has 0 radical (unpaired) electrons. The van der Waals surface area contributed by atoms with E-state index in [2.05, 4.69) is 0 Å². The molecule has 2 aromatic carbocycles. The summed E-state index contributed by atoms with van der Waals surface area (Å²) in [5, 5.41) is 0. The number of amides is 1. The number of rotatable bonds is 6. The monoisotopic (exact) mass is 443 g/mol. The van der Waals surface area contributed by atoms with E-state index in [1.807, 2.05) is 0 Å². The molecule has 1 aliphatic rings. The van der Waals surface area contributed by atoms with Crippen LogP contribution in [0.4, 0.5) is 13.2 Å². The van der Waals surface area contributed by atoms with E-state index in [1.165, 1.54) is 42.3 Å². The molecule has 0 spiro atoms. The maximum atomic E-state index is 12.6. The van der Waals surface area contributed by atoms with E-state index < -0.39 is 33.2 Å². The van der Waals surface area contributed by atoms with Gasteiger partial charge in [-0.3, -0.25) is 4.79 Å². The Labute approximate surface area is 172 Å². The summed E-state index contributed by atoms with van der Waals surface area (Å²) in [6, 6.07) is 8.76. The predicted octanol–water partition coefficient (Wildman–Crippen LogP) is 3.30. The van der Waals surface area contributed by atoms with Crippen molar-refractivity contribution in [2.24, 2.45) is 0 Å². The summed E-state index contributed by atoms with van der Waals surface area (Å²) in [6.07, 6.45) is -4.68. The molecule has 0 fully saturated rings. The Bertz CT molecular complexity index is 1020. The van der Waals surface area contributed by atoms with E-state index in [-0.39, 0.29) is 17.9 Å². The fourth-order valence-electron chi connectivity index (χ4n) is 2.91. The number of halogens is 3. The Balaban J connectivity index is 1.59. The molecule has 0 N–H and O–H groups in total. The number of benzene rings is 2. The zero-order valence-electron chi connectivity index (χ0n) is 16.1. The van der Waals surface area contributed by atoms with Crippen LogP contribution in [0.1, 0.15) is 17.5 Å². The lowest BCUT2D eigenvalue weighted by Gasteiger charge is -2.19. The number of nitrogens with zero attached hydrogens (tertiary/aromatic N) is 1. The molecular weight excluding hydrogens is 423 g/mol. The van der Waals surface area contributed by atoms with Crippen molar-refractivity contribution in [2.75, 3.05) is 26.0 Å². The first-order valence-corrected chi connectivity index (χ1v) is 10.7. The lowest BCUT2D eigenvalue weighted by atomic mass is 10.1. The fraction of sp³-hybridized carbons (Fsp3) is 0.350. The lowest BCUT2D eigenvalue weighted by molar-refractivity contribution is -0.137. The van der Waals surface area contributed by atoms with Gasteiger partial charge in [0.1, 0.15) is 13.2 Å². The first-order valence-electron chi connectivity index (χ1n) is 9.09. The van der Waals surface area contributed by atoms with Crippen LogP contribution in [0.3, 0.4) is 0 Å². The van der Waals surface area contributed by atoms with E-state index in [9.17, 15) is 26.4 Å². The highest BCUT2D eigenvalue weighted by Gasteiger charge is 2.30. The van der Waals surface area contributed by atoms with Crippen molar-refractivity contribution in [3.8, 4) is 11.5 Å². The molecule has 0 bridgehead atoms. The Morgan fingerprint density at radius 2 is 1.67 bits per heavy atom. The summed E-state index contributed by atoms with van der Waals surface area (Å²) in [6.45, 7) is 0.781. The van der Waals surface area contributed by atoms with Crippen molar-refractivity contribution in [3.05, 3.63) is 53.6 Å². The van der Waals surface area contributed by atoms with Crippen molar-refractivity contribution in [2.45, 2.75) is 24.0 Å². The third kappa shape index (κ3) is 5.24. The second-order valence-corrected chi connectivity index (χ2v) is 8.93. The van der Waals surface area contributed by atoms with Crippen LogP contribution >= 0.6 is 0 Å². The molecule has 6 nitrogen and oxygen atoms in total. The van der Waals surface area contributed by atoms with Gasteiger partial charge in [0.05, 0.1) is 16.2 Å². The molecule has 3 rings (SSSR count). The summed E-state index contributed by atoms with van der Waals surface area (Å²) in [5.41, 5.74) is -0.265. The molecule has 0 aliphatic carbocycles. The van der Waals surface area contributed by atoms with Gasteiger partial charge in [0, 0.05) is 26.1 Å². The number of hydrogen-bond acceptors (Lipinski definition) is 5. The van der Waals surface area contributed by atoms with Crippen LogP contribution in [0.25, 0.3) is 0 Å². The van der Waals surface area contributed by atoms with Crippen molar-refractivity contribution in [3.63, 3.8) is 0 Å². The zero-order valence-corrected chi connectivity index (χ0v) is 16.9. The number of fused-ring (bicyclic) bond motifs is 1.